The Labute approximate surface area is 118 Å². The second-order valence-electron chi connectivity index (χ2n) is 4.60. The second kappa shape index (κ2) is 6.72. The van der Waals surface area contributed by atoms with E-state index < -0.39 is 0 Å². The summed E-state index contributed by atoms with van der Waals surface area (Å²) in [6.45, 7) is 2.08. The number of rotatable bonds is 5. The van der Waals surface area contributed by atoms with E-state index in [1.807, 2.05) is 0 Å². The fourth-order valence-corrected chi connectivity index (χ4v) is 2.21. The molecule has 0 fully saturated rings. The molecule has 0 spiro atoms. The highest BCUT2D eigenvalue weighted by Crippen LogP contribution is 2.12. The SMILES string of the molecule is CN(CCc1ccccc1)Cc1ccc(Br)cc1. The van der Waals surface area contributed by atoms with Gasteiger partial charge in [-0.05, 0) is 36.7 Å². The highest BCUT2D eigenvalue weighted by atomic mass is 79.9. The maximum absolute atomic E-state index is 3.46. The van der Waals surface area contributed by atoms with Crippen molar-refractivity contribution >= 4 is 15.9 Å². The molecule has 0 saturated carbocycles. The van der Waals surface area contributed by atoms with Crippen LogP contribution in [0.5, 0.6) is 0 Å². The van der Waals surface area contributed by atoms with Gasteiger partial charge in [0.25, 0.3) is 0 Å². The van der Waals surface area contributed by atoms with E-state index in [-0.39, 0.29) is 0 Å². The molecule has 0 atom stereocenters. The lowest BCUT2D eigenvalue weighted by atomic mass is 10.1. The average Bonchev–Trinajstić information content (AvgIpc) is 2.40. The Kier molecular flexibility index (Phi) is 4.97. The molecule has 0 N–H and O–H groups in total. The second-order valence-corrected chi connectivity index (χ2v) is 5.52. The van der Waals surface area contributed by atoms with Crippen LogP contribution < -0.4 is 0 Å². The van der Waals surface area contributed by atoms with Gasteiger partial charge in [0.05, 0.1) is 0 Å². The van der Waals surface area contributed by atoms with E-state index in [9.17, 15) is 0 Å². The number of likely N-dealkylation sites (N-methyl/N-ethyl adjacent to an activating group) is 1. The summed E-state index contributed by atoms with van der Waals surface area (Å²) in [5.74, 6) is 0. The van der Waals surface area contributed by atoms with E-state index in [4.69, 9.17) is 0 Å². The predicted molar refractivity (Wildman–Crippen MR) is 80.6 cm³/mol. The van der Waals surface area contributed by atoms with Crippen LogP contribution in [-0.4, -0.2) is 18.5 Å². The predicted octanol–water partition coefficient (Wildman–Crippen LogP) is 4.12. The Bertz CT molecular complexity index is 464. The fraction of sp³-hybridized carbons (Fsp3) is 0.250. The van der Waals surface area contributed by atoms with Crippen molar-refractivity contribution in [1.29, 1.82) is 0 Å². The number of halogens is 1. The molecule has 2 aromatic carbocycles. The van der Waals surface area contributed by atoms with E-state index in [0.29, 0.717) is 0 Å². The van der Waals surface area contributed by atoms with Crippen LogP contribution in [0.15, 0.2) is 59.1 Å². The molecule has 0 aromatic heterocycles. The topological polar surface area (TPSA) is 3.24 Å². The van der Waals surface area contributed by atoms with Crippen molar-refractivity contribution < 1.29 is 0 Å². The van der Waals surface area contributed by atoms with Gasteiger partial charge in [0.1, 0.15) is 0 Å². The van der Waals surface area contributed by atoms with Gasteiger partial charge in [0, 0.05) is 17.6 Å². The molecular formula is C16H18BrN. The highest BCUT2D eigenvalue weighted by molar-refractivity contribution is 9.10. The van der Waals surface area contributed by atoms with Gasteiger partial charge in [0.2, 0.25) is 0 Å². The van der Waals surface area contributed by atoms with Crippen molar-refractivity contribution in [2.75, 3.05) is 13.6 Å². The first-order chi connectivity index (χ1) is 8.74. The number of benzene rings is 2. The Morgan fingerprint density at radius 2 is 1.56 bits per heavy atom. The zero-order valence-electron chi connectivity index (χ0n) is 10.6. The molecule has 0 aliphatic carbocycles. The third-order valence-corrected chi connectivity index (χ3v) is 3.52. The van der Waals surface area contributed by atoms with E-state index in [2.05, 4.69) is 82.5 Å². The Hall–Kier alpha value is -1.12. The minimum Gasteiger partial charge on any atom is -0.302 e. The monoisotopic (exact) mass is 303 g/mol. The summed E-state index contributed by atoms with van der Waals surface area (Å²) in [5.41, 5.74) is 2.76. The molecule has 2 aromatic rings. The van der Waals surface area contributed by atoms with Crippen LogP contribution in [-0.2, 0) is 13.0 Å². The lowest BCUT2D eigenvalue weighted by Gasteiger charge is -2.16. The zero-order chi connectivity index (χ0) is 12.8. The van der Waals surface area contributed by atoms with Crippen molar-refractivity contribution in [3.63, 3.8) is 0 Å². The molecule has 1 nitrogen and oxygen atoms in total. The first-order valence-corrected chi connectivity index (χ1v) is 7.00. The number of nitrogens with zero attached hydrogens (tertiary/aromatic N) is 1. The molecule has 0 aliphatic rings. The fourth-order valence-electron chi connectivity index (χ4n) is 1.95. The van der Waals surface area contributed by atoms with E-state index in [1.165, 1.54) is 11.1 Å². The van der Waals surface area contributed by atoms with Crippen molar-refractivity contribution in [3.05, 3.63) is 70.2 Å². The molecule has 0 heterocycles. The standard InChI is InChI=1S/C16H18BrN/c1-18(12-11-14-5-3-2-4-6-14)13-15-7-9-16(17)10-8-15/h2-10H,11-13H2,1H3. The maximum atomic E-state index is 3.46. The van der Waals surface area contributed by atoms with Crippen molar-refractivity contribution in [2.45, 2.75) is 13.0 Å². The first-order valence-electron chi connectivity index (χ1n) is 6.21. The van der Waals surface area contributed by atoms with Gasteiger partial charge in [-0.25, -0.2) is 0 Å². The van der Waals surface area contributed by atoms with Crippen LogP contribution in [0.1, 0.15) is 11.1 Å². The lowest BCUT2D eigenvalue weighted by molar-refractivity contribution is 0.331. The molecule has 0 aliphatic heterocycles. The van der Waals surface area contributed by atoms with Crippen LogP contribution >= 0.6 is 15.9 Å². The highest BCUT2D eigenvalue weighted by Gasteiger charge is 2.01. The molecule has 0 radical (unpaired) electrons. The molecule has 2 rings (SSSR count). The van der Waals surface area contributed by atoms with E-state index in [0.717, 1.165) is 24.0 Å². The molecule has 94 valence electrons. The summed E-state index contributed by atoms with van der Waals surface area (Å²) < 4.78 is 1.14. The van der Waals surface area contributed by atoms with Crippen LogP contribution in [0.4, 0.5) is 0 Å². The van der Waals surface area contributed by atoms with Gasteiger partial charge in [-0.1, -0.05) is 58.4 Å². The molecule has 0 bridgehead atoms. The Balaban J connectivity index is 1.82. The van der Waals surface area contributed by atoms with Gasteiger partial charge in [0.15, 0.2) is 0 Å². The third-order valence-electron chi connectivity index (χ3n) is 2.99. The summed E-state index contributed by atoms with van der Waals surface area (Å²) in [6.07, 6.45) is 1.11. The van der Waals surface area contributed by atoms with Gasteiger partial charge in [-0.2, -0.15) is 0 Å². The minimum absolute atomic E-state index is 1.00. The third kappa shape index (κ3) is 4.28. The summed E-state index contributed by atoms with van der Waals surface area (Å²) >= 11 is 3.46. The van der Waals surface area contributed by atoms with Crippen LogP contribution in [0, 0.1) is 0 Å². The van der Waals surface area contributed by atoms with E-state index >= 15 is 0 Å². The average molecular weight is 304 g/mol. The first kappa shape index (κ1) is 13.3. The number of hydrogen-bond donors (Lipinski definition) is 0. The Morgan fingerprint density at radius 1 is 0.889 bits per heavy atom. The molecule has 0 saturated heterocycles. The summed E-state index contributed by atoms with van der Waals surface area (Å²) in [6, 6.07) is 19.2. The molecule has 2 heteroatoms. The van der Waals surface area contributed by atoms with Crippen molar-refractivity contribution in [3.8, 4) is 0 Å². The molecule has 18 heavy (non-hydrogen) atoms. The van der Waals surface area contributed by atoms with Crippen molar-refractivity contribution in [1.82, 2.24) is 4.90 Å². The summed E-state index contributed by atoms with van der Waals surface area (Å²) in [7, 11) is 2.17. The van der Waals surface area contributed by atoms with E-state index in [1.54, 1.807) is 0 Å². The van der Waals surface area contributed by atoms with Crippen LogP contribution in [0.3, 0.4) is 0 Å². The normalized spacial score (nSPS) is 10.8. The van der Waals surface area contributed by atoms with Gasteiger partial charge in [-0.3, -0.25) is 0 Å². The smallest absolute Gasteiger partial charge is 0.0230 e. The Morgan fingerprint density at radius 3 is 2.22 bits per heavy atom. The van der Waals surface area contributed by atoms with Gasteiger partial charge >= 0.3 is 0 Å². The van der Waals surface area contributed by atoms with Crippen molar-refractivity contribution in [2.24, 2.45) is 0 Å². The van der Waals surface area contributed by atoms with Gasteiger partial charge < -0.3 is 4.90 Å². The lowest BCUT2D eigenvalue weighted by Crippen LogP contribution is -2.20. The molecule has 0 amide bonds. The summed E-state index contributed by atoms with van der Waals surface area (Å²) in [4.78, 5) is 2.36. The number of hydrogen-bond acceptors (Lipinski definition) is 1. The zero-order valence-corrected chi connectivity index (χ0v) is 12.2. The van der Waals surface area contributed by atoms with Gasteiger partial charge in [-0.15, -0.1) is 0 Å². The minimum atomic E-state index is 1.00. The molecular weight excluding hydrogens is 286 g/mol. The molecule has 0 unspecified atom stereocenters. The van der Waals surface area contributed by atoms with Crippen LogP contribution in [0.25, 0.3) is 0 Å². The maximum Gasteiger partial charge on any atom is 0.0230 e. The quantitative estimate of drug-likeness (QED) is 0.803. The summed E-state index contributed by atoms with van der Waals surface area (Å²) in [5, 5.41) is 0. The largest absolute Gasteiger partial charge is 0.302 e. The van der Waals surface area contributed by atoms with Crippen LogP contribution in [0.2, 0.25) is 0 Å².